The van der Waals surface area contributed by atoms with Gasteiger partial charge >= 0.3 is 0 Å². The number of carbonyl (C=O) groups excluding carboxylic acids is 1. The van der Waals surface area contributed by atoms with E-state index >= 15 is 0 Å². The average Bonchev–Trinajstić information content (AvgIpc) is 2.91. The van der Waals surface area contributed by atoms with Gasteiger partial charge in [-0.25, -0.2) is 0 Å². The van der Waals surface area contributed by atoms with E-state index in [4.69, 9.17) is 4.74 Å². The molecule has 19 heavy (non-hydrogen) atoms. The third kappa shape index (κ3) is 3.96. The second-order valence-corrected chi connectivity index (χ2v) is 5.15. The maximum Gasteiger partial charge on any atom is 0.265 e. The Hall–Kier alpha value is -2.07. The van der Waals surface area contributed by atoms with Crippen LogP contribution in [0.15, 0.2) is 53.9 Å². The normalized spacial score (nSPS) is 9.95. The van der Waals surface area contributed by atoms with E-state index in [1.165, 1.54) is 11.3 Å². The molecule has 0 bridgehead atoms. The minimum atomic E-state index is -0.105. The Morgan fingerprint density at radius 2 is 2.21 bits per heavy atom. The van der Waals surface area contributed by atoms with Crippen molar-refractivity contribution in [3.05, 3.63) is 58.8 Å². The first-order chi connectivity index (χ1) is 9.15. The highest BCUT2D eigenvalue weighted by Gasteiger charge is 2.07. The molecular weight excluding hydrogens is 258 g/mol. The van der Waals surface area contributed by atoms with Gasteiger partial charge in [0.2, 0.25) is 0 Å². The van der Waals surface area contributed by atoms with Crippen molar-refractivity contribution in [3.63, 3.8) is 0 Å². The van der Waals surface area contributed by atoms with Crippen LogP contribution in [0.25, 0.3) is 0 Å². The molecule has 0 aliphatic carbocycles. The number of ether oxygens (including phenoxy) is 1. The van der Waals surface area contributed by atoms with Crippen molar-refractivity contribution in [2.45, 2.75) is 6.92 Å². The largest absolute Gasteiger partial charge is 0.489 e. The lowest BCUT2D eigenvalue weighted by molar-refractivity contribution is 0.103. The van der Waals surface area contributed by atoms with Crippen molar-refractivity contribution < 1.29 is 9.53 Å². The molecule has 1 amide bonds. The zero-order valence-corrected chi connectivity index (χ0v) is 11.5. The van der Waals surface area contributed by atoms with Crippen molar-refractivity contribution in [3.8, 4) is 5.75 Å². The smallest absolute Gasteiger partial charge is 0.265 e. The van der Waals surface area contributed by atoms with Crippen LogP contribution in [0.1, 0.15) is 16.6 Å². The van der Waals surface area contributed by atoms with E-state index in [2.05, 4.69) is 11.9 Å². The molecule has 1 aromatic carbocycles. The van der Waals surface area contributed by atoms with Gasteiger partial charge in [0.1, 0.15) is 12.4 Å². The monoisotopic (exact) mass is 273 g/mol. The number of rotatable bonds is 5. The van der Waals surface area contributed by atoms with Gasteiger partial charge in [-0.1, -0.05) is 18.7 Å². The molecule has 2 rings (SSSR count). The predicted molar refractivity (Wildman–Crippen MR) is 79.0 cm³/mol. The molecule has 0 aliphatic rings. The summed E-state index contributed by atoms with van der Waals surface area (Å²) in [6.45, 7) is 6.16. The van der Waals surface area contributed by atoms with Crippen LogP contribution in [-0.2, 0) is 0 Å². The first-order valence-corrected chi connectivity index (χ1v) is 6.75. The molecule has 0 saturated heterocycles. The Bertz CT molecular complexity index is 576. The quantitative estimate of drug-likeness (QED) is 0.837. The highest BCUT2D eigenvalue weighted by Crippen LogP contribution is 2.19. The minimum absolute atomic E-state index is 0.105. The molecule has 3 nitrogen and oxygen atoms in total. The minimum Gasteiger partial charge on any atom is -0.489 e. The number of anilines is 1. The first-order valence-electron chi connectivity index (χ1n) is 5.87. The standard InChI is InChI=1S/C15H15NO2S/c1-11(2)10-18-13-6-3-5-12(9-13)16-15(17)14-7-4-8-19-14/h3-9H,1,10H2,2H3,(H,16,17). The Morgan fingerprint density at radius 3 is 2.89 bits per heavy atom. The molecule has 1 aromatic heterocycles. The summed E-state index contributed by atoms with van der Waals surface area (Å²) in [5.74, 6) is 0.610. The Balaban J connectivity index is 2.02. The van der Waals surface area contributed by atoms with E-state index in [1.807, 2.05) is 36.6 Å². The fourth-order valence-electron chi connectivity index (χ4n) is 1.47. The average molecular weight is 273 g/mol. The van der Waals surface area contributed by atoms with E-state index in [1.54, 1.807) is 12.1 Å². The van der Waals surface area contributed by atoms with Crippen LogP contribution in [0.5, 0.6) is 5.75 Å². The summed E-state index contributed by atoms with van der Waals surface area (Å²) < 4.78 is 5.53. The zero-order chi connectivity index (χ0) is 13.7. The fourth-order valence-corrected chi connectivity index (χ4v) is 2.09. The first kappa shape index (κ1) is 13.4. The zero-order valence-electron chi connectivity index (χ0n) is 10.7. The van der Waals surface area contributed by atoms with Gasteiger partial charge < -0.3 is 10.1 Å². The van der Waals surface area contributed by atoms with Crippen molar-refractivity contribution in [1.29, 1.82) is 0 Å². The molecule has 0 spiro atoms. The predicted octanol–water partition coefficient (Wildman–Crippen LogP) is 3.96. The van der Waals surface area contributed by atoms with Gasteiger partial charge in [-0.15, -0.1) is 11.3 Å². The van der Waals surface area contributed by atoms with Crippen LogP contribution < -0.4 is 10.1 Å². The molecule has 0 atom stereocenters. The van der Waals surface area contributed by atoms with Gasteiger partial charge in [0.05, 0.1) is 4.88 Å². The highest BCUT2D eigenvalue weighted by molar-refractivity contribution is 7.12. The van der Waals surface area contributed by atoms with Crippen LogP contribution in [0.3, 0.4) is 0 Å². The van der Waals surface area contributed by atoms with Gasteiger partial charge in [0, 0.05) is 11.8 Å². The maximum absolute atomic E-state index is 11.9. The third-order valence-corrected chi connectivity index (χ3v) is 3.19. The van der Waals surface area contributed by atoms with E-state index in [0.717, 1.165) is 11.3 Å². The fraction of sp³-hybridized carbons (Fsp3) is 0.133. The van der Waals surface area contributed by atoms with E-state index in [0.29, 0.717) is 17.2 Å². The Kier molecular flexibility index (Phi) is 4.36. The van der Waals surface area contributed by atoms with Crippen LogP contribution >= 0.6 is 11.3 Å². The molecule has 1 N–H and O–H groups in total. The molecule has 2 aromatic rings. The molecule has 0 unspecified atom stereocenters. The summed E-state index contributed by atoms with van der Waals surface area (Å²) in [6, 6.07) is 11.0. The van der Waals surface area contributed by atoms with Crippen molar-refractivity contribution in [2.75, 3.05) is 11.9 Å². The second-order valence-electron chi connectivity index (χ2n) is 4.21. The maximum atomic E-state index is 11.9. The number of nitrogens with one attached hydrogen (secondary N) is 1. The molecule has 0 saturated carbocycles. The molecule has 0 fully saturated rings. The van der Waals surface area contributed by atoms with Crippen LogP contribution in [0.2, 0.25) is 0 Å². The summed E-state index contributed by atoms with van der Waals surface area (Å²) in [5.41, 5.74) is 1.67. The van der Waals surface area contributed by atoms with Gasteiger partial charge in [0.15, 0.2) is 0 Å². The molecule has 0 aliphatic heterocycles. The summed E-state index contributed by atoms with van der Waals surface area (Å²) in [4.78, 5) is 12.6. The number of amides is 1. The third-order valence-electron chi connectivity index (χ3n) is 2.32. The Labute approximate surface area is 116 Å². The molecule has 4 heteroatoms. The number of benzene rings is 1. The van der Waals surface area contributed by atoms with E-state index in [9.17, 15) is 4.79 Å². The van der Waals surface area contributed by atoms with Crippen molar-refractivity contribution >= 4 is 22.9 Å². The summed E-state index contributed by atoms with van der Waals surface area (Å²) in [6.07, 6.45) is 0. The topological polar surface area (TPSA) is 38.3 Å². The van der Waals surface area contributed by atoms with Crippen LogP contribution in [0.4, 0.5) is 5.69 Å². The van der Waals surface area contributed by atoms with Gasteiger partial charge in [-0.05, 0) is 36.1 Å². The van der Waals surface area contributed by atoms with Crippen molar-refractivity contribution in [1.82, 2.24) is 0 Å². The molecule has 0 radical (unpaired) electrons. The van der Waals surface area contributed by atoms with Gasteiger partial charge in [0.25, 0.3) is 5.91 Å². The SMILES string of the molecule is C=C(C)COc1cccc(NC(=O)c2cccs2)c1. The Morgan fingerprint density at radius 1 is 1.37 bits per heavy atom. The van der Waals surface area contributed by atoms with Crippen LogP contribution in [-0.4, -0.2) is 12.5 Å². The number of hydrogen-bond donors (Lipinski definition) is 1. The van der Waals surface area contributed by atoms with Gasteiger partial charge in [-0.2, -0.15) is 0 Å². The number of thiophene rings is 1. The number of carbonyl (C=O) groups is 1. The molecular formula is C15H15NO2S. The lowest BCUT2D eigenvalue weighted by Gasteiger charge is -2.08. The summed E-state index contributed by atoms with van der Waals surface area (Å²) >= 11 is 1.41. The van der Waals surface area contributed by atoms with Crippen molar-refractivity contribution in [2.24, 2.45) is 0 Å². The van der Waals surface area contributed by atoms with E-state index in [-0.39, 0.29) is 5.91 Å². The molecule has 98 valence electrons. The number of hydrogen-bond acceptors (Lipinski definition) is 3. The summed E-state index contributed by atoms with van der Waals surface area (Å²) in [7, 11) is 0. The highest BCUT2D eigenvalue weighted by atomic mass is 32.1. The summed E-state index contributed by atoms with van der Waals surface area (Å²) in [5, 5.41) is 4.72. The molecule has 1 heterocycles. The lowest BCUT2D eigenvalue weighted by atomic mass is 10.3. The second kappa shape index (κ2) is 6.20. The van der Waals surface area contributed by atoms with E-state index < -0.39 is 0 Å². The lowest BCUT2D eigenvalue weighted by Crippen LogP contribution is -2.10. The van der Waals surface area contributed by atoms with Crippen LogP contribution in [0, 0.1) is 0 Å². The van der Waals surface area contributed by atoms with Gasteiger partial charge in [-0.3, -0.25) is 4.79 Å².